The molecule has 2 rings (SSSR count). The largest absolute Gasteiger partial charge is 0.416 e. The van der Waals surface area contributed by atoms with Crippen LogP contribution in [0, 0.1) is 0 Å². The van der Waals surface area contributed by atoms with Gasteiger partial charge in [-0.2, -0.15) is 13.2 Å². The number of halogens is 3. The van der Waals surface area contributed by atoms with E-state index in [9.17, 15) is 18.0 Å². The van der Waals surface area contributed by atoms with Crippen LogP contribution in [-0.2, 0) is 11.0 Å². The van der Waals surface area contributed by atoms with Gasteiger partial charge in [-0.1, -0.05) is 30.0 Å². The van der Waals surface area contributed by atoms with Crippen molar-refractivity contribution in [3.63, 3.8) is 0 Å². The van der Waals surface area contributed by atoms with E-state index in [0.29, 0.717) is 5.03 Å². The molecule has 0 saturated heterocycles. The molecule has 0 aromatic heterocycles. The van der Waals surface area contributed by atoms with Crippen molar-refractivity contribution >= 4 is 23.1 Å². The molecule has 106 valence electrons. The molecule has 0 bridgehead atoms. The van der Waals surface area contributed by atoms with Crippen LogP contribution < -0.4 is 5.32 Å². The van der Waals surface area contributed by atoms with E-state index < -0.39 is 17.0 Å². The van der Waals surface area contributed by atoms with Crippen molar-refractivity contribution < 1.29 is 18.0 Å². The number of ketones is 1. The molecule has 1 unspecified atom stereocenters. The van der Waals surface area contributed by atoms with Crippen LogP contribution in [0.4, 0.5) is 13.2 Å². The first kappa shape index (κ1) is 14.7. The Balaban J connectivity index is 2.50. The molecule has 0 aliphatic carbocycles. The highest BCUT2D eigenvalue weighted by atomic mass is 32.2. The third kappa shape index (κ3) is 2.60. The molecule has 1 heterocycles. The number of nitrogens with one attached hydrogen (secondary N) is 1. The van der Waals surface area contributed by atoms with Gasteiger partial charge in [-0.05, 0) is 17.7 Å². The van der Waals surface area contributed by atoms with Gasteiger partial charge in [0.15, 0.2) is 5.78 Å². The first-order valence-electron chi connectivity index (χ1n) is 5.81. The Labute approximate surface area is 118 Å². The molecule has 0 radical (unpaired) electrons. The molecule has 1 atom stereocenters. The Hall–Kier alpha value is -1.69. The van der Waals surface area contributed by atoms with Gasteiger partial charge in [0.1, 0.15) is 0 Å². The zero-order chi connectivity index (χ0) is 14.9. The van der Waals surface area contributed by atoms with Crippen LogP contribution in [0.25, 0.3) is 5.57 Å². The SMILES string of the molecule is C=CC1SC(NC)=C(c2cccc(C(F)(F)F)c2)C1=O. The van der Waals surface area contributed by atoms with Gasteiger partial charge < -0.3 is 5.32 Å². The predicted molar refractivity (Wildman–Crippen MR) is 74.0 cm³/mol. The molecule has 20 heavy (non-hydrogen) atoms. The molecule has 2 nitrogen and oxygen atoms in total. The summed E-state index contributed by atoms with van der Waals surface area (Å²) in [7, 11) is 1.63. The molecule has 1 N–H and O–H groups in total. The average Bonchev–Trinajstić information content (AvgIpc) is 2.74. The quantitative estimate of drug-likeness (QED) is 0.867. The molecule has 0 saturated carbocycles. The van der Waals surface area contributed by atoms with E-state index in [1.165, 1.54) is 30.0 Å². The normalized spacial score (nSPS) is 19.4. The van der Waals surface area contributed by atoms with Crippen molar-refractivity contribution in [3.05, 3.63) is 53.1 Å². The maximum atomic E-state index is 12.7. The fourth-order valence-electron chi connectivity index (χ4n) is 1.96. The van der Waals surface area contributed by atoms with Crippen molar-refractivity contribution in [2.75, 3.05) is 7.05 Å². The van der Waals surface area contributed by atoms with Crippen LogP contribution >= 0.6 is 11.8 Å². The number of allylic oxidation sites excluding steroid dienone is 1. The van der Waals surface area contributed by atoms with Gasteiger partial charge in [0.25, 0.3) is 0 Å². The van der Waals surface area contributed by atoms with Crippen LogP contribution in [0.5, 0.6) is 0 Å². The maximum Gasteiger partial charge on any atom is 0.416 e. The number of rotatable bonds is 3. The summed E-state index contributed by atoms with van der Waals surface area (Å²) in [4.78, 5) is 12.2. The molecule has 0 spiro atoms. The summed E-state index contributed by atoms with van der Waals surface area (Å²) < 4.78 is 38.2. The van der Waals surface area contributed by atoms with Crippen molar-refractivity contribution in [2.24, 2.45) is 0 Å². The first-order chi connectivity index (χ1) is 9.38. The minimum atomic E-state index is -4.43. The monoisotopic (exact) mass is 299 g/mol. The Morgan fingerprint density at radius 3 is 2.65 bits per heavy atom. The zero-order valence-electron chi connectivity index (χ0n) is 10.6. The number of Topliss-reactive ketones (excluding diaryl/α,β-unsaturated/α-hetero) is 1. The number of benzene rings is 1. The van der Waals surface area contributed by atoms with Gasteiger partial charge in [0.2, 0.25) is 0 Å². The number of carbonyl (C=O) groups is 1. The molecule has 1 aliphatic heterocycles. The molecule has 0 amide bonds. The van der Waals surface area contributed by atoms with E-state index in [4.69, 9.17) is 0 Å². The van der Waals surface area contributed by atoms with Crippen LogP contribution in [0.3, 0.4) is 0 Å². The summed E-state index contributed by atoms with van der Waals surface area (Å²) >= 11 is 1.25. The van der Waals surface area contributed by atoms with Crippen LogP contribution in [0.1, 0.15) is 11.1 Å². The average molecular weight is 299 g/mol. The van der Waals surface area contributed by atoms with Gasteiger partial charge in [0, 0.05) is 7.05 Å². The third-order valence-electron chi connectivity index (χ3n) is 2.90. The molecular weight excluding hydrogens is 287 g/mol. The number of alkyl halides is 3. The highest BCUT2D eigenvalue weighted by Crippen LogP contribution is 2.40. The summed E-state index contributed by atoms with van der Waals surface area (Å²) in [5.41, 5.74) is -0.211. The van der Waals surface area contributed by atoms with Crippen molar-refractivity contribution in [1.82, 2.24) is 5.32 Å². The van der Waals surface area contributed by atoms with Gasteiger partial charge in [-0.3, -0.25) is 4.79 Å². The summed E-state index contributed by atoms with van der Waals surface area (Å²) in [5.74, 6) is -0.228. The van der Waals surface area contributed by atoms with Crippen LogP contribution in [0.15, 0.2) is 41.9 Å². The lowest BCUT2D eigenvalue weighted by Gasteiger charge is -2.10. The minimum Gasteiger partial charge on any atom is -0.382 e. The Bertz CT molecular complexity index is 592. The number of hydrogen-bond acceptors (Lipinski definition) is 3. The lowest BCUT2D eigenvalue weighted by Crippen LogP contribution is -2.11. The van der Waals surface area contributed by atoms with Crippen LogP contribution in [-0.4, -0.2) is 18.1 Å². The van der Waals surface area contributed by atoms with Crippen LogP contribution in [0.2, 0.25) is 0 Å². The van der Waals surface area contributed by atoms with Crippen molar-refractivity contribution in [1.29, 1.82) is 0 Å². The lowest BCUT2D eigenvalue weighted by atomic mass is 9.98. The molecule has 1 aromatic rings. The topological polar surface area (TPSA) is 29.1 Å². The number of carbonyl (C=O) groups excluding carboxylic acids is 1. The van der Waals surface area contributed by atoms with E-state index in [1.54, 1.807) is 7.05 Å². The highest BCUT2D eigenvalue weighted by molar-refractivity contribution is 8.05. The standard InChI is InChI=1S/C14H12F3NOS/c1-3-10-12(19)11(13(18-2)20-10)8-5-4-6-9(7-8)14(15,16)17/h3-7,10,18H,1H2,2H3. The second-order valence-electron chi connectivity index (χ2n) is 4.17. The molecule has 1 aliphatic rings. The Kier molecular flexibility index (Phi) is 3.94. The summed E-state index contributed by atoms with van der Waals surface area (Å²) in [5, 5.41) is 2.97. The summed E-state index contributed by atoms with van der Waals surface area (Å²) in [6.45, 7) is 3.57. The Morgan fingerprint density at radius 1 is 1.40 bits per heavy atom. The zero-order valence-corrected chi connectivity index (χ0v) is 11.4. The number of hydrogen-bond donors (Lipinski definition) is 1. The number of thioether (sulfide) groups is 1. The molecular formula is C14H12F3NOS. The van der Waals surface area contributed by atoms with Gasteiger partial charge in [-0.25, -0.2) is 0 Å². The van der Waals surface area contributed by atoms with Crippen molar-refractivity contribution in [3.8, 4) is 0 Å². The third-order valence-corrected chi connectivity index (χ3v) is 4.20. The summed E-state index contributed by atoms with van der Waals surface area (Å²) in [6, 6.07) is 4.79. The van der Waals surface area contributed by atoms with E-state index in [2.05, 4.69) is 11.9 Å². The maximum absolute atomic E-state index is 12.7. The van der Waals surface area contributed by atoms with E-state index in [1.807, 2.05) is 0 Å². The molecule has 0 fully saturated rings. The highest BCUT2D eigenvalue weighted by Gasteiger charge is 2.35. The van der Waals surface area contributed by atoms with E-state index in [-0.39, 0.29) is 16.9 Å². The van der Waals surface area contributed by atoms with Gasteiger partial charge in [-0.15, -0.1) is 6.58 Å². The minimum absolute atomic E-state index is 0.228. The summed E-state index contributed by atoms with van der Waals surface area (Å²) in [6.07, 6.45) is -2.94. The second kappa shape index (κ2) is 5.36. The molecule has 6 heteroatoms. The molecule has 1 aromatic carbocycles. The predicted octanol–water partition coefficient (Wildman–Crippen LogP) is 3.46. The lowest BCUT2D eigenvalue weighted by molar-refractivity contribution is -0.137. The fourth-order valence-corrected chi connectivity index (χ4v) is 2.99. The second-order valence-corrected chi connectivity index (χ2v) is 5.32. The fraction of sp³-hybridized carbons (Fsp3) is 0.214. The van der Waals surface area contributed by atoms with Gasteiger partial charge in [0.05, 0.1) is 21.4 Å². The van der Waals surface area contributed by atoms with E-state index in [0.717, 1.165) is 12.1 Å². The first-order valence-corrected chi connectivity index (χ1v) is 6.69. The smallest absolute Gasteiger partial charge is 0.382 e. The van der Waals surface area contributed by atoms with E-state index >= 15 is 0 Å². The van der Waals surface area contributed by atoms with Gasteiger partial charge >= 0.3 is 6.18 Å². The van der Waals surface area contributed by atoms with Crippen molar-refractivity contribution in [2.45, 2.75) is 11.4 Å². The Morgan fingerprint density at radius 2 is 2.10 bits per heavy atom.